The van der Waals surface area contributed by atoms with E-state index in [2.05, 4.69) is 36.0 Å². The van der Waals surface area contributed by atoms with Gasteiger partial charge in [0.05, 0.1) is 11.6 Å². The number of rotatable bonds is 7. The summed E-state index contributed by atoms with van der Waals surface area (Å²) in [5, 5.41) is 3.11. The van der Waals surface area contributed by atoms with Gasteiger partial charge in [0, 0.05) is 25.4 Å². The molecule has 0 spiro atoms. The molecule has 1 rings (SSSR count). The highest BCUT2D eigenvalue weighted by atomic mass is 79.9. The number of anilines is 1. The van der Waals surface area contributed by atoms with Crippen molar-refractivity contribution in [2.75, 3.05) is 19.0 Å². The number of carbonyl (C=O) groups excluding carboxylic acids is 1. The quantitative estimate of drug-likeness (QED) is 0.619. The molecule has 6 heteroatoms. The highest BCUT2D eigenvalue weighted by Crippen LogP contribution is 2.07. The molecule has 0 saturated heterocycles. The lowest BCUT2D eigenvalue weighted by Crippen LogP contribution is -2.05. The van der Waals surface area contributed by atoms with Gasteiger partial charge in [-0.1, -0.05) is 6.42 Å². The molecule has 0 fully saturated rings. The number of hydrogen-bond donors (Lipinski definition) is 1. The SMILES string of the molecule is COC(=O)CCCCCNc1ncc(Br)cn1. The summed E-state index contributed by atoms with van der Waals surface area (Å²) >= 11 is 3.27. The van der Waals surface area contributed by atoms with Crippen molar-refractivity contribution in [2.45, 2.75) is 25.7 Å². The summed E-state index contributed by atoms with van der Waals surface area (Å²) in [6, 6.07) is 0. The zero-order valence-electron chi connectivity index (χ0n) is 9.78. The summed E-state index contributed by atoms with van der Waals surface area (Å²) in [5.74, 6) is 0.482. The van der Waals surface area contributed by atoms with Crippen LogP contribution in [0.25, 0.3) is 0 Å². The molecule has 1 aromatic rings. The standard InChI is InChI=1S/C11H16BrN3O2/c1-17-10(16)5-3-2-4-6-13-11-14-7-9(12)8-15-11/h7-8H,2-6H2,1H3,(H,13,14,15). The minimum Gasteiger partial charge on any atom is -0.469 e. The van der Waals surface area contributed by atoms with E-state index in [4.69, 9.17) is 0 Å². The number of halogens is 1. The maximum absolute atomic E-state index is 10.8. The predicted octanol–water partition coefficient (Wildman–Crippen LogP) is 2.38. The van der Waals surface area contributed by atoms with Crippen LogP contribution >= 0.6 is 15.9 Å². The van der Waals surface area contributed by atoms with Crippen LogP contribution in [0.2, 0.25) is 0 Å². The largest absolute Gasteiger partial charge is 0.469 e. The first-order valence-electron chi connectivity index (χ1n) is 5.50. The van der Waals surface area contributed by atoms with Crippen molar-refractivity contribution >= 4 is 27.8 Å². The lowest BCUT2D eigenvalue weighted by molar-refractivity contribution is -0.140. The fourth-order valence-corrected chi connectivity index (χ4v) is 1.48. The van der Waals surface area contributed by atoms with E-state index in [0.717, 1.165) is 30.3 Å². The number of nitrogens with zero attached hydrogens (tertiary/aromatic N) is 2. The fourth-order valence-electron chi connectivity index (χ4n) is 1.28. The van der Waals surface area contributed by atoms with Gasteiger partial charge >= 0.3 is 5.97 Å². The number of aromatic nitrogens is 2. The monoisotopic (exact) mass is 301 g/mol. The highest BCUT2D eigenvalue weighted by Gasteiger charge is 1.99. The van der Waals surface area contributed by atoms with Crippen LogP contribution in [0, 0.1) is 0 Å². The zero-order chi connectivity index (χ0) is 12.5. The average Bonchev–Trinajstić information content (AvgIpc) is 2.35. The lowest BCUT2D eigenvalue weighted by Gasteiger charge is -2.04. The Balaban J connectivity index is 2.04. The minimum absolute atomic E-state index is 0.144. The molecule has 0 aliphatic carbocycles. The third kappa shape index (κ3) is 6.21. The van der Waals surface area contributed by atoms with Crippen LogP contribution in [-0.4, -0.2) is 29.6 Å². The van der Waals surface area contributed by atoms with Gasteiger partial charge in [0.1, 0.15) is 0 Å². The number of hydrogen-bond acceptors (Lipinski definition) is 5. The van der Waals surface area contributed by atoms with Crippen molar-refractivity contribution in [3.63, 3.8) is 0 Å². The fraction of sp³-hybridized carbons (Fsp3) is 0.545. The predicted molar refractivity (Wildman–Crippen MR) is 68.7 cm³/mol. The first-order chi connectivity index (χ1) is 8.22. The van der Waals surface area contributed by atoms with Gasteiger partial charge in [-0.3, -0.25) is 4.79 Å². The van der Waals surface area contributed by atoms with E-state index < -0.39 is 0 Å². The number of esters is 1. The molecule has 17 heavy (non-hydrogen) atoms. The van der Waals surface area contributed by atoms with Crippen molar-refractivity contribution < 1.29 is 9.53 Å². The summed E-state index contributed by atoms with van der Waals surface area (Å²) in [6.45, 7) is 0.808. The van der Waals surface area contributed by atoms with Gasteiger partial charge in [-0.2, -0.15) is 0 Å². The molecule has 0 aromatic carbocycles. The van der Waals surface area contributed by atoms with Crippen molar-refractivity contribution in [2.24, 2.45) is 0 Å². The molecule has 1 heterocycles. The van der Waals surface area contributed by atoms with E-state index >= 15 is 0 Å². The lowest BCUT2D eigenvalue weighted by atomic mass is 10.2. The maximum Gasteiger partial charge on any atom is 0.305 e. The Bertz CT molecular complexity index is 343. The van der Waals surface area contributed by atoms with Gasteiger partial charge in [0.15, 0.2) is 0 Å². The second-order valence-electron chi connectivity index (χ2n) is 3.54. The van der Waals surface area contributed by atoms with Gasteiger partial charge in [0.25, 0.3) is 0 Å². The molecule has 0 saturated carbocycles. The molecule has 0 unspecified atom stereocenters. The maximum atomic E-state index is 10.8. The molecular weight excluding hydrogens is 286 g/mol. The summed E-state index contributed by atoms with van der Waals surface area (Å²) in [4.78, 5) is 19.0. The van der Waals surface area contributed by atoms with Gasteiger partial charge in [0.2, 0.25) is 5.95 Å². The molecular formula is C11H16BrN3O2. The van der Waals surface area contributed by atoms with E-state index in [0.29, 0.717) is 12.4 Å². The van der Waals surface area contributed by atoms with Crippen LogP contribution in [0.4, 0.5) is 5.95 Å². The van der Waals surface area contributed by atoms with Crippen molar-refractivity contribution in [3.05, 3.63) is 16.9 Å². The molecule has 0 amide bonds. The number of carbonyl (C=O) groups is 1. The third-order valence-electron chi connectivity index (χ3n) is 2.19. The molecule has 5 nitrogen and oxygen atoms in total. The van der Waals surface area contributed by atoms with Crippen LogP contribution in [0.1, 0.15) is 25.7 Å². The summed E-state index contributed by atoms with van der Waals surface area (Å²) in [5.41, 5.74) is 0. The van der Waals surface area contributed by atoms with Crippen molar-refractivity contribution in [1.29, 1.82) is 0 Å². The molecule has 1 aromatic heterocycles. The van der Waals surface area contributed by atoms with Crippen LogP contribution in [-0.2, 0) is 9.53 Å². The van der Waals surface area contributed by atoms with Crippen LogP contribution < -0.4 is 5.32 Å². The molecule has 0 radical (unpaired) electrons. The molecule has 0 aliphatic heterocycles. The normalized spacial score (nSPS) is 10.0. The first-order valence-corrected chi connectivity index (χ1v) is 6.30. The summed E-state index contributed by atoms with van der Waals surface area (Å²) in [7, 11) is 1.41. The van der Waals surface area contributed by atoms with E-state index in [1.807, 2.05) is 0 Å². The average molecular weight is 302 g/mol. The molecule has 94 valence electrons. The zero-order valence-corrected chi connectivity index (χ0v) is 11.4. The molecule has 0 bridgehead atoms. The molecule has 0 atom stereocenters. The Labute approximate surface area is 109 Å². The summed E-state index contributed by atoms with van der Waals surface area (Å²) < 4.78 is 5.42. The Kier molecular flexibility index (Phi) is 6.54. The van der Waals surface area contributed by atoms with Gasteiger partial charge in [-0.15, -0.1) is 0 Å². The second-order valence-corrected chi connectivity index (χ2v) is 4.45. The second kappa shape index (κ2) is 8.00. The number of ether oxygens (including phenoxy) is 1. The van der Waals surface area contributed by atoms with Gasteiger partial charge in [-0.25, -0.2) is 9.97 Å². The van der Waals surface area contributed by atoms with E-state index in [9.17, 15) is 4.79 Å². The Hall–Kier alpha value is -1.17. The van der Waals surface area contributed by atoms with E-state index in [1.165, 1.54) is 7.11 Å². The number of unbranched alkanes of at least 4 members (excludes halogenated alkanes) is 2. The van der Waals surface area contributed by atoms with E-state index in [-0.39, 0.29) is 5.97 Å². The Morgan fingerprint density at radius 1 is 1.35 bits per heavy atom. The highest BCUT2D eigenvalue weighted by molar-refractivity contribution is 9.10. The van der Waals surface area contributed by atoms with Crippen molar-refractivity contribution in [3.8, 4) is 0 Å². The Morgan fingerprint density at radius 3 is 2.71 bits per heavy atom. The van der Waals surface area contributed by atoms with Crippen LogP contribution in [0.3, 0.4) is 0 Å². The number of nitrogens with one attached hydrogen (secondary N) is 1. The van der Waals surface area contributed by atoms with Crippen LogP contribution in [0.5, 0.6) is 0 Å². The number of methoxy groups -OCH3 is 1. The topological polar surface area (TPSA) is 64.1 Å². The minimum atomic E-state index is -0.144. The third-order valence-corrected chi connectivity index (χ3v) is 2.60. The van der Waals surface area contributed by atoms with Gasteiger partial charge in [-0.05, 0) is 28.8 Å². The smallest absolute Gasteiger partial charge is 0.305 e. The first kappa shape index (κ1) is 13.9. The molecule has 0 aliphatic rings. The van der Waals surface area contributed by atoms with Gasteiger partial charge < -0.3 is 10.1 Å². The molecule has 1 N–H and O–H groups in total. The van der Waals surface area contributed by atoms with Crippen molar-refractivity contribution in [1.82, 2.24) is 9.97 Å². The Morgan fingerprint density at radius 2 is 2.06 bits per heavy atom. The van der Waals surface area contributed by atoms with E-state index in [1.54, 1.807) is 12.4 Å². The van der Waals surface area contributed by atoms with Crippen LogP contribution in [0.15, 0.2) is 16.9 Å². The summed E-state index contributed by atoms with van der Waals surface area (Å²) in [6.07, 6.45) is 6.72.